The minimum Gasteiger partial charge on any atom is -0.379 e. The van der Waals surface area contributed by atoms with Crippen LogP contribution in [0.2, 0.25) is 0 Å². The third kappa shape index (κ3) is 12.1. The minimum absolute atomic E-state index is 0.569. The summed E-state index contributed by atoms with van der Waals surface area (Å²) in [6.45, 7) is 9.05. The van der Waals surface area contributed by atoms with Crippen molar-refractivity contribution in [2.24, 2.45) is 11.7 Å². The van der Waals surface area contributed by atoms with E-state index in [1.807, 2.05) is 0 Å². The summed E-state index contributed by atoms with van der Waals surface area (Å²) in [4.78, 5) is 0. The highest BCUT2D eigenvalue weighted by Crippen LogP contribution is 2.11. The first kappa shape index (κ1) is 16.8. The molecule has 0 rings (SSSR count). The summed E-state index contributed by atoms with van der Waals surface area (Å²) in [6, 6.07) is 0. The molecule has 104 valence electrons. The molecule has 4 nitrogen and oxygen atoms in total. The Morgan fingerprint density at radius 2 is 1.24 bits per heavy atom. The molecule has 0 amide bonds. The Morgan fingerprint density at radius 1 is 0.765 bits per heavy atom. The first-order valence-electron chi connectivity index (χ1n) is 6.78. The Hall–Kier alpha value is -0.160. The Bertz CT molecular complexity index is 141. The van der Waals surface area contributed by atoms with E-state index in [1.165, 1.54) is 12.8 Å². The molecule has 0 atom stereocenters. The third-order valence-electron chi connectivity index (χ3n) is 2.83. The van der Waals surface area contributed by atoms with Crippen molar-refractivity contribution >= 4 is 0 Å². The molecule has 0 saturated carbocycles. The summed E-state index contributed by atoms with van der Waals surface area (Å²) >= 11 is 0. The normalized spacial score (nSPS) is 11.3. The van der Waals surface area contributed by atoms with E-state index in [0.717, 1.165) is 18.9 Å². The highest BCUT2D eigenvalue weighted by Gasteiger charge is 2.02. The van der Waals surface area contributed by atoms with Crippen molar-refractivity contribution in [2.45, 2.75) is 33.1 Å². The first-order valence-corrected chi connectivity index (χ1v) is 6.78. The maximum Gasteiger partial charge on any atom is 0.0701 e. The van der Waals surface area contributed by atoms with Crippen molar-refractivity contribution in [1.82, 2.24) is 0 Å². The molecule has 0 spiro atoms. The Kier molecular flexibility index (Phi) is 13.8. The molecule has 0 aromatic rings. The van der Waals surface area contributed by atoms with Crippen LogP contribution >= 0.6 is 0 Å². The van der Waals surface area contributed by atoms with E-state index in [0.29, 0.717) is 39.6 Å². The number of hydrogen-bond acceptors (Lipinski definition) is 4. The van der Waals surface area contributed by atoms with Gasteiger partial charge in [0.15, 0.2) is 0 Å². The predicted molar refractivity (Wildman–Crippen MR) is 70.2 cm³/mol. The van der Waals surface area contributed by atoms with Crippen molar-refractivity contribution in [1.29, 1.82) is 0 Å². The van der Waals surface area contributed by atoms with E-state index >= 15 is 0 Å². The topological polar surface area (TPSA) is 53.7 Å². The summed E-state index contributed by atoms with van der Waals surface area (Å²) in [5.74, 6) is 0.806. The van der Waals surface area contributed by atoms with Crippen LogP contribution in [0.25, 0.3) is 0 Å². The van der Waals surface area contributed by atoms with E-state index in [4.69, 9.17) is 19.9 Å². The molecule has 0 aromatic carbocycles. The lowest BCUT2D eigenvalue weighted by Crippen LogP contribution is -2.14. The molecule has 17 heavy (non-hydrogen) atoms. The third-order valence-corrected chi connectivity index (χ3v) is 2.83. The van der Waals surface area contributed by atoms with Gasteiger partial charge in [-0.05, 0) is 12.3 Å². The molecule has 0 bridgehead atoms. The number of rotatable bonds is 13. The average molecular weight is 247 g/mol. The fraction of sp³-hybridized carbons (Fsp3) is 1.00. The van der Waals surface area contributed by atoms with Gasteiger partial charge in [-0.1, -0.05) is 26.7 Å². The summed E-state index contributed by atoms with van der Waals surface area (Å²) in [7, 11) is 0. The molecule has 0 aromatic heterocycles. The van der Waals surface area contributed by atoms with Crippen LogP contribution in [-0.4, -0.2) is 46.2 Å². The average Bonchev–Trinajstić information content (AvgIpc) is 2.36. The molecule has 0 aliphatic carbocycles. The molecule has 0 radical (unpaired) electrons. The second-order valence-corrected chi connectivity index (χ2v) is 4.10. The molecule has 0 aliphatic rings. The van der Waals surface area contributed by atoms with Crippen LogP contribution < -0.4 is 5.73 Å². The number of nitrogens with two attached hydrogens (primary N) is 1. The Labute approximate surface area is 106 Å². The van der Waals surface area contributed by atoms with Gasteiger partial charge in [-0.2, -0.15) is 0 Å². The van der Waals surface area contributed by atoms with Gasteiger partial charge in [-0.3, -0.25) is 0 Å². The Balaban J connectivity index is 3.03. The molecule has 0 unspecified atom stereocenters. The van der Waals surface area contributed by atoms with Gasteiger partial charge in [-0.25, -0.2) is 0 Å². The zero-order valence-electron chi connectivity index (χ0n) is 11.5. The van der Waals surface area contributed by atoms with Crippen LogP contribution in [0.15, 0.2) is 0 Å². The van der Waals surface area contributed by atoms with E-state index in [9.17, 15) is 0 Å². The second kappa shape index (κ2) is 13.9. The van der Waals surface area contributed by atoms with Crippen LogP contribution in [0.5, 0.6) is 0 Å². The van der Waals surface area contributed by atoms with Gasteiger partial charge in [-0.15, -0.1) is 0 Å². The molecular formula is C13H29NO3. The number of ether oxygens (including phenoxy) is 3. The summed E-state index contributed by atoms with van der Waals surface area (Å²) in [5, 5.41) is 0. The molecule has 0 heterocycles. The molecular weight excluding hydrogens is 218 g/mol. The van der Waals surface area contributed by atoms with Crippen LogP contribution in [0.3, 0.4) is 0 Å². The maximum absolute atomic E-state index is 5.51. The Morgan fingerprint density at radius 3 is 1.71 bits per heavy atom. The lowest BCUT2D eigenvalue weighted by molar-refractivity contribution is 0.0135. The summed E-state index contributed by atoms with van der Waals surface area (Å²) in [5.41, 5.74) is 5.29. The fourth-order valence-corrected chi connectivity index (χ4v) is 1.57. The van der Waals surface area contributed by atoms with Crippen LogP contribution in [0, 0.1) is 5.92 Å². The summed E-state index contributed by atoms with van der Waals surface area (Å²) in [6.07, 6.45) is 3.65. The quantitative estimate of drug-likeness (QED) is 0.504. The lowest BCUT2D eigenvalue weighted by atomic mass is 10.0. The van der Waals surface area contributed by atoms with Gasteiger partial charge < -0.3 is 19.9 Å². The van der Waals surface area contributed by atoms with Crippen molar-refractivity contribution in [3.8, 4) is 0 Å². The van der Waals surface area contributed by atoms with Gasteiger partial charge in [0, 0.05) is 13.2 Å². The van der Waals surface area contributed by atoms with Gasteiger partial charge in [0.2, 0.25) is 0 Å². The molecule has 4 heteroatoms. The van der Waals surface area contributed by atoms with Crippen LogP contribution in [0.4, 0.5) is 0 Å². The molecule has 0 saturated heterocycles. The smallest absolute Gasteiger partial charge is 0.0701 e. The minimum atomic E-state index is 0.569. The maximum atomic E-state index is 5.51. The van der Waals surface area contributed by atoms with Gasteiger partial charge in [0.05, 0.1) is 33.0 Å². The van der Waals surface area contributed by atoms with Crippen molar-refractivity contribution < 1.29 is 14.2 Å². The highest BCUT2D eigenvalue weighted by atomic mass is 16.5. The van der Waals surface area contributed by atoms with Crippen molar-refractivity contribution in [3.63, 3.8) is 0 Å². The van der Waals surface area contributed by atoms with Gasteiger partial charge in [0.1, 0.15) is 0 Å². The monoisotopic (exact) mass is 247 g/mol. The largest absolute Gasteiger partial charge is 0.379 e. The molecule has 2 N–H and O–H groups in total. The van der Waals surface area contributed by atoms with Gasteiger partial charge in [0.25, 0.3) is 0 Å². The van der Waals surface area contributed by atoms with E-state index < -0.39 is 0 Å². The van der Waals surface area contributed by atoms with E-state index in [-0.39, 0.29) is 0 Å². The summed E-state index contributed by atoms with van der Waals surface area (Å²) < 4.78 is 16.0. The van der Waals surface area contributed by atoms with E-state index in [1.54, 1.807) is 0 Å². The van der Waals surface area contributed by atoms with Crippen molar-refractivity contribution in [3.05, 3.63) is 0 Å². The zero-order valence-corrected chi connectivity index (χ0v) is 11.5. The highest BCUT2D eigenvalue weighted by molar-refractivity contribution is 4.53. The van der Waals surface area contributed by atoms with Gasteiger partial charge >= 0.3 is 0 Å². The fourth-order valence-electron chi connectivity index (χ4n) is 1.57. The lowest BCUT2D eigenvalue weighted by Gasteiger charge is -2.12. The van der Waals surface area contributed by atoms with E-state index in [2.05, 4.69) is 13.8 Å². The SMILES string of the molecule is CCC(CC)CCOCCOCCOCCN. The zero-order chi connectivity index (χ0) is 12.8. The second-order valence-electron chi connectivity index (χ2n) is 4.10. The first-order chi connectivity index (χ1) is 8.35. The molecule has 0 fully saturated rings. The number of hydrogen-bond donors (Lipinski definition) is 1. The van der Waals surface area contributed by atoms with Crippen LogP contribution in [-0.2, 0) is 14.2 Å². The molecule has 0 aliphatic heterocycles. The van der Waals surface area contributed by atoms with Crippen LogP contribution in [0.1, 0.15) is 33.1 Å². The standard InChI is InChI=1S/C13H29NO3/c1-3-13(4-2)5-7-15-9-11-17-12-10-16-8-6-14/h13H,3-12,14H2,1-2H3. The predicted octanol–water partition coefficient (Wildman–Crippen LogP) is 1.82. The van der Waals surface area contributed by atoms with Crippen molar-refractivity contribution in [2.75, 3.05) is 46.2 Å².